The Balaban J connectivity index is 2.19. The standard InChI is InChI=1S/C12H12N4O5/c1-7-3-4-8(5-9(7)16(18)19)11-14-10(21-15-11)6-13-12(17)20-2/h3-5H,6H2,1-2H3,(H,13,17). The number of hydrogen-bond acceptors (Lipinski definition) is 7. The summed E-state index contributed by atoms with van der Waals surface area (Å²) >= 11 is 0. The molecule has 0 fully saturated rings. The van der Waals surface area contributed by atoms with Crippen molar-refractivity contribution >= 4 is 11.8 Å². The Hall–Kier alpha value is -2.97. The van der Waals surface area contributed by atoms with Crippen molar-refractivity contribution in [3.05, 3.63) is 39.8 Å². The van der Waals surface area contributed by atoms with Crippen molar-refractivity contribution in [2.45, 2.75) is 13.5 Å². The van der Waals surface area contributed by atoms with E-state index in [0.29, 0.717) is 11.1 Å². The van der Waals surface area contributed by atoms with E-state index in [4.69, 9.17) is 4.52 Å². The molecule has 0 aliphatic heterocycles. The van der Waals surface area contributed by atoms with Crippen molar-refractivity contribution in [1.29, 1.82) is 0 Å². The van der Waals surface area contributed by atoms with Gasteiger partial charge in [-0.1, -0.05) is 17.3 Å². The van der Waals surface area contributed by atoms with Crippen LogP contribution >= 0.6 is 0 Å². The van der Waals surface area contributed by atoms with Crippen LogP contribution in [0.25, 0.3) is 11.4 Å². The zero-order valence-electron chi connectivity index (χ0n) is 11.3. The number of nitro groups is 1. The lowest BCUT2D eigenvalue weighted by molar-refractivity contribution is -0.385. The van der Waals surface area contributed by atoms with Crippen LogP contribution in [-0.2, 0) is 11.3 Å². The largest absolute Gasteiger partial charge is 0.453 e. The van der Waals surface area contributed by atoms with Gasteiger partial charge in [-0.2, -0.15) is 4.98 Å². The number of rotatable bonds is 4. The van der Waals surface area contributed by atoms with E-state index in [0.717, 1.165) is 0 Å². The van der Waals surface area contributed by atoms with E-state index in [9.17, 15) is 14.9 Å². The Labute approximate surface area is 119 Å². The second kappa shape index (κ2) is 5.99. The van der Waals surface area contributed by atoms with Crippen molar-refractivity contribution in [2.75, 3.05) is 7.11 Å². The summed E-state index contributed by atoms with van der Waals surface area (Å²) in [5.74, 6) is 0.374. The van der Waals surface area contributed by atoms with Crippen LogP contribution in [0, 0.1) is 17.0 Å². The molecule has 2 aromatic rings. The summed E-state index contributed by atoms with van der Waals surface area (Å²) in [5, 5.41) is 17.0. The lowest BCUT2D eigenvalue weighted by Crippen LogP contribution is -2.22. The van der Waals surface area contributed by atoms with Crippen LogP contribution in [0.5, 0.6) is 0 Å². The number of nitrogens with one attached hydrogen (secondary N) is 1. The number of alkyl carbamates (subject to hydrolysis) is 1. The highest BCUT2D eigenvalue weighted by atomic mass is 16.6. The van der Waals surface area contributed by atoms with Gasteiger partial charge in [0, 0.05) is 17.2 Å². The maximum atomic E-state index is 10.9. The molecule has 2 rings (SSSR count). The van der Waals surface area contributed by atoms with Crippen molar-refractivity contribution in [3.8, 4) is 11.4 Å². The smallest absolute Gasteiger partial charge is 0.407 e. The molecule has 0 saturated heterocycles. The zero-order valence-corrected chi connectivity index (χ0v) is 11.3. The summed E-state index contributed by atoms with van der Waals surface area (Å²) in [6, 6.07) is 4.64. The van der Waals surface area contributed by atoms with E-state index in [-0.39, 0.29) is 23.9 Å². The Kier molecular flexibility index (Phi) is 4.12. The highest BCUT2D eigenvalue weighted by molar-refractivity contribution is 5.66. The van der Waals surface area contributed by atoms with E-state index >= 15 is 0 Å². The van der Waals surface area contributed by atoms with Crippen molar-refractivity contribution in [2.24, 2.45) is 0 Å². The fourth-order valence-corrected chi connectivity index (χ4v) is 1.61. The van der Waals surface area contributed by atoms with E-state index < -0.39 is 11.0 Å². The van der Waals surface area contributed by atoms with Gasteiger partial charge in [0.15, 0.2) is 0 Å². The molecule has 0 saturated carbocycles. The van der Waals surface area contributed by atoms with E-state index in [1.54, 1.807) is 19.1 Å². The minimum atomic E-state index is -0.624. The summed E-state index contributed by atoms with van der Waals surface area (Å²) in [7, 11) is 1.24. The molecule has 110 valence electrons. The van der Waals surface area contributed by atoms with Crippen LogP contribution in [0.3, 0.4) is 0 Å². The maximum absolute atomic E-state index is 10.9. The third-order valence-electron chi connectivity index (χ3n) is 2.70. The number of hydrogen-bond donors (Lipinski definition) is 1. The topological polar surface area (TPSA) is 120 Å². The lowest BCUT2D eigenvalue weighted by Gasteiger charge is -1.99. The van der Waals surface area contributed by atoms with Gasteiger partial charge in [-0.25, -0.2) is 4.79 Å². The molecule has 9 heteroatoms. The SMILES string of the molecule is COC(=O)NCc1nc(-c2ccc(C)c([N+](=O)[O-])c2)no1. The third kappa shape index (κ3) is 3.32. The molecule has 0 spiro atoms. The van der Waals surface area contributed by atoms with Gasteiger partial charge < -0.3 is 14.6 Å². The van der Waals surface area contributed by atoms with Crippen LogP contribution < -0.4 is 5.32 Å². The van der Waals surface area contributed by atoms with Gasteiger partial charge in [0.1, 0.15) is 6.54 Å². The normalized spacial score (nSPS) is 10.2. The summed E-state index contributed by atoms with van der Waals surface area (Å²) in [6.45, 7) is 1.65. The molecule has 1 amide bonds. The number of nitro benzene ring substituents is 1. The number of carbonyl (C=O) groups excluding carboxylic acids is 1. The molecule has 1 aromatic heterocycles. The summed E-state index contributed by atoms with van der Waals surface area (Å²) in [5.41, 5.74) is 0.978. The minimum Gasteiger partial charge on any atom is -0.453 e. The number of carbonyl (C=O) groups is 1. The summed E-state index contributed by atoms with van der Waals surface area (Å²) in [4.78, 5) is 25.4. The van der Waals surface area contributed by atoms with Gasteiger partial charge >= 0.3 is 6.09 Å². The quantitative estimate of drug-likeness (QED) is 0.673. The molecule has 1 N–H and O–H groups in total. The molecule has 0 aliphatic rings. The van der Waals surface area contributed by atoms with Gasteiger partial charge in [-0.15, -0.1) is 0 Å². The van der Waals surface area contributed by atoms with Crippen LogP contribution in [0.2, 0.25) is 0 Å². The highest BCUT2D eigenvalue weighted by Gasteiger charge is 2.15. The Morgan fingerprint density at radius 3 is 2.95 bits per heavy atom. The molecule has 21 heavy (non-hydrogen) atoms. The fraction of sp³-hybridized carbons (Fsp3) is 0.250. The van der Waals surface area contributed by atoms with E-state index in [2.05, 4.69) is 20.2 Å². The number of amides is 1. The lowest BCUT2D eigenvalue weighted by atomic mass is 10.1. The second-order valence-electron chi connectivity index (χ2n) is 4.12. The van der Waals surface area contributed by atoms with Gasteiger partial charge in [0.25, 0.3) is 5.69 Å². The van der Waals surface area contributed by atoms with Gasteiger partial charge in [0.05, 0.1) is 12.0 Å². The number of aryl methyl sites for hydroxylation is 1. The molecular formula is C12H12N4O5. The number of nitrogens with zero attached hydrogens (tertiary/aromatic N) is 3. The van der Waals surface area contributed by atoms with Crippen molar-refractivity contribution < 1.29 is 19.0 Å². The summed E-state index contributed by atoms with van der Waals surface area (Å²) < 4.78 is 9.35. The van der Waals surface area contributed by atoms with E-state index in [1.807, 2.05) is 0 Å². The van der Waals surface area contributed by atoms with Crippen LogP contribution in [0.1, 0.15) is 11.5 Å². The first-order valence-electron chi connectivity index (χ1n) is 5.91. The van der Waals surface area contributed by atoms with Gasteiger partial charge in [0.2, 0.25) is 11.7 Å². The second-order valence-corrected chi connectivity index (χ2v) is 4.12. The average Bonchev–Trinajstić information content (AvgIpc) is 2.93. The van der Waals surface area contributed by atoms with Crippen molar-refractivity contribution in [3.63, 3.8) is 0 Å². The van der Waals surface area contributed by atoms with Crippen LogP contribution in [0.15, 0.2) is 22.7 Å². The Morgan fingerprint density at radius 2 is 2.29 bits per heavy atom. The highest BCUT2D eigenvalue weighted by Crippen LogP contribution is 2.24. The van der Waals surface area contributed by atoms with Crippen molar-refractivity contribution in [1.82, 2.24) is 15.5 Å². The average molecular weight is 292 g/mol. The summed E-state index contributed by atoms with van der Waals surface area (Å²) in [6.07, 6.45) is -0.624. The number of benzene rings is 1. The van der Waals surface area contributed by atoms with Gasteiger partial charge in [-0.05, 0) is 6.92 Å². The molecule has 0 aliphatic carbocycles. The molecule has 0 radical (unpaired) electrons. The van der Waals surface area contributed by atoms with Gasteiger partial charge in [-0.3, -0.25) is 10.1 Å². The molecule has 0 bridgehead atoms. The fourth-order valence-electron chi connectivity index (χ4n) is 1.61. The zero-order chi connectivity index (χ0) is 15.4. The maximum Gasteiger partial charge on any atom is 0.407 e. The molecule has 1 aromatic carbocycles. The minimum absolute atomic E-state index is 0.00757. The third-order valence-corrected chi connectivity index (χ3v) is 2.70. The molecule has 0 atom stereocenters. The van der Waals surface area contributed by atoms with E-state index in [1.165, 1.54) is 13.2 Å². The van der Waals surface area contributed by atoms with Crippen LogP contribution in [-0.4, -0.2) is 28.3 Å². The number of ether oxygens (including phenoxy) is 1. The molecular weight excluding hydrogens is 280 g/mol. The van der Waals surface area contributed by atoms with Crippen LogP contribution in [0.4, 0.5) is 10.5 Å². The Morgan fingerprint density at radius 1 is 1.52 bits per heavy atom. The number of methoxy groups -OCH3 is 1. The predicted octanol–water partition coefficient (Wildman–Crippen LogP) is 1.81. The molecule has 9 nitrogen and oxygen atoms in total. The first-order valence-corrected chi connectivity index (χ1v) is 5.91. The number of aromatic nitrogens is 2. The Bertz CT molecular complexity index is 682. The molecule has 0 unspecified atom stereocenters. The monoisotopic (exact) mass is 292 g/mol. The first kappa shape index (κ1) is 14.4. The first-order chi connectivity index (χ1) is 10.0. The molecule has 1 heterocycles. The predicted molar refractivity (Wildman–Crippen MR) is 70.4 cm³/mol.